The molecule has 3 aliphatic heterocycles. The normalized spacial score (nSPS) is 27.2. The zero-order valence-electron chi connectivity index (χ0n) is 27.3. The number of fused-ring (bicyclic) bond motifs is 1. The highest BCUT2D eigenvalue weighted by Crippen LogP contribution is 2.53. The number of carbonyl (C=O) groups excluding carboxylic acids is 1. The summed E-state index contributed by atoms with van der Waals surface area (Å²) < 4.78 is 30.6. The molecule has 2 aliphatic carbocycles. The molecule has 0 radical (unpaired) electrons. The molecule has 1 saturated heterocycles. The van der Waals surface area contributed by atoms with Crippen molar-refractivity contribution in [1.29, 1.82) is 5.41 Å². The van der Waals surface area contributed by atoms with Gasteiger partial charge in [-0.05, 0) is 80.0 Å². The van der Waals surface area contributed by atoms with Crippen molar-refractivity contribution in [1.82, 2.24) is 30.2 Å². The molecule has 9 nitrogen and oxygen atoms in total. The Labute approximate surface area is 270 Å². The average molecular weight is 635 g/mol. The van der Waals surface area contributed by atoms with Crippen LogP contribution in [0.5, 0.6) is 0 Å². The van der Waals surface area contributed by atoms with E-state index in [9.17, 15) is 19.0 Å². The fourth-order valence-electron chi connectivity index (χ4n) is 8.72. The van der Waals surface area contributed by atoms with Crippen molar-refractivity contribution < 1.29 is 13.6 Å². The molecule has 5 aliphatic rings. The second-order valence-corrected chi connectivity index (χ2v) is 14.3. The summed E-state index contributed by atoms with van der Waals surface area (Å²) in [5.74, 6) is 0.307. The minimum Gasteiger partial charge on any atom is -0.385 e. The topological polar surface area (TPSA) is 92.5 Å². The van der Waals surface area contributed by atoms with Gasteiger partial charge in [0.1, 0.15) is 5.84 Å². The maximum Gasteiger partial charge on any atom is 0.264 e. The van der Waals surface area contributed by atoms with Crippen molar-refractivity contribution in [3.05, 3.63) is 46.9 Å². The summed E-state index contributed by atoms with van der Waals surface area (Å²) in [6, 6.07) is 4.55. The van der Waals surface area contributed by atoms with E-state index >= 15 is 0 Å². The molecule has 7 rings (SSSR count). The van der Waals surface area contributed by atoms with E-state index in [0.717, 1.165) is 61.6 Å². The van der Waals surface area contributed by atoms with Crippen molar-refractivity contribution in [2.24, 2.45) is 12.5 Å². The standard InChI is InChI=1S/C35H48F2N8O/c1-23(46)44-13-7-31(41-26-5-8-35(9-6-26)18-27(19-35)43-14-10-39-11-15-43)30(22-44)34(38)45-12-3-4-24-16-28(25-20-40-42(2)21-25)29(33(36)37)17-32(24)45/h16-17,20-21,26-27,33,38-39,41H,3-15,18-19,22H2,1-2H3. The second-order valence-electron chi connectivity index (χ2n) is 14.3. The van der Waals surface area contributed by atoms with Crippen molar-refractivity contribution in [2.45, 2.75) is 83.2 Å². The summed E-state index contributed by atoms with van der Waals surface area (Å²) in [5, 5.41) is 21.0. The van der Waals surface area contributed by atoms with Gasteiger partial charge in [-0.3, -0.25) is 19.8 Å². The van der Waals surface area contributed by atoms with E-state index in [2.05, 4.69) is 20.6 Å². The molecule has 46 heavy (non-hydrogen) atoms. The van der Waals surface area contributed by atoms with Gasteiger partial charge < -0.3 is 20.4 Å². The number of alkyl halides is 2. The summed E-state index contributed by atoms with van der Waals surface area (Å²) in [4.78, 5) is 18.9. The molecule has 1 aromatic carbocycles. The minimum absolute atomic E-state index is 0.00637. The SMILES string of the molecule is CC(=O)N1CCC(NC2CCC3(CC2)CC(N2CCNCC2)C3)=C(C(=N)N2CCCc3cc(-c4cnn(C)c4)c(C(F)F)cc32)C1. The summed E-state index contributed by atoms with van der Waals surface area (Å²) in [5.41, 5.74) is 5.11. The molecule has 0 bridgehead atoms. The number of nitrogens with one attached hydrogen (secondary N) is 3. The predicted molar refractivity (Wildman–Crippen MR) is 176 cm³/mol. The molecule has 3 N–H and O–H groups in total. The number of amidine groups is 1. The first-order chi connectivity index (χ1) is 22.2. The van der Waals surface area contributed by atoms with E-state index in [1.807, 2.05) is 11.0 Å². The Morgan fingerprint density at radius 1 is 1.11 bits per heavy atom. The molecule has 2 aromatic rings. The molecule has 2 saturated carbocycles. The Bertz CT molecular complexity index is 1500. The number of aromatic nitrogens is 2. The van der Waals surface area contributed by atoms with E-state index in [1.165, 1.54) is 38.8 Å². The molecular weight excluding hydrogens is 586 g/mol. The fraction of sp³-hybridized carbons (Fsp3) is 0.629. The number of aryl methyl sites for hydroxylation is 2. The Kier molecular flexibility index (Phi) is 8.65. The molecule has 248 valence electrons. The van der Waals surface area contributed by atoms with Crippen LogP contribution in [0.1, 0.15) is 75.8 Å². The number of rotatable bonds is 6. The summed E-state index contributed by atoms with van der Waals surface area (Å²) in [6.45, 7) is 7.69. The van der Waals surface area contributed by atoms with Gasteiger partial charge in [0.25, 0.3) is 6.43 Å². The Balaban J connectivity index is 1.10. The lowest BCUT2D eigenvalue weighted by Crippen LogP contribution is -2.57. The van der Waals surface area contributed by atoms with E-state index in [0.29, 0.717) is 60.2 Å². The van der Waals surface area contributed by atoms with Gasteiger partial charge in [0.2, 0.25) is 5.91 Å². The van der Waals surface area contributed by atoms with Crippen molar-refractivity contribution >= 4 is 17.4 Å². The van der Waals surface area contributed by atoms with Gasteiger partial charge in [0, 0.05) is 106 Å². The van der Waals surface area contributed by atoms with Crippen LogP contribution in [0.4, 0.5) is 14.5 Å². The van der Waals surface area contributed by atoms with Crippen LogP contribution in [-0.4, -0.2) is 89.2 Å². The van der Waals surface area contributed by atoms with Crippen LogP contribution in [-0.2, 0) is 18.3 Å². The molecule has 1 spiro atoms. The highest BCUT2D eigenvalue weighted by molar-refractivity contribution is 6.09. The Morgan fingerprint density at radius 3 is 2.54 bits per heavy atom. The zero-order chi connectivity index (χ0) is 32.0. The van der Waals surface area contributed by atoms with Crippen molar-refractivity contribution in [3.63, 3.8) is 0 Å². The number of piperazine rings is 1. The van der Waals surface area contributed by atoms with Crippen LogP contribution in [0.2, 0.25) is 0 Å². The quantitative estimate of drug-likeness (QED) is 0.311. The van der Waals surface area contributed by atoms with Crippen molar-refractivity contribution in [2.75, 3.05) is 50.7 Å². The largest absolute Gasteiger partial charge is 0.385 e. The highest BCUT2D eigenvalue weighted by Gasteiger charge is 2.48. The number of halogens is 2. The van der Waals surface area contributed by atoms with Gasteiger partial charge in [-0.2, -0.15) is 5.10 Å². The average Bonchev–Trinajstić information content (AvgIpc) is 3.49. The van der Waals surface area contributed by atoms with Crippen LogP contribution in [0.15, 0.2) is 35.8 Å². The predicted octanol–water partition coefficient (Wildman–Crippen LogP) is 4.85. The van der Waals surface area contributed by atoms with Crippen LogP contribution in [0.3, 0.4) is 0 Å². The minimum atomic E-state index is -2.66. The molecule has 1 aromatic heterocycles. The number of hydrogen-bond donors (Lipinski definition) is 3. The summed E-state index contributed by atoms with van der Waals surface area (Å²) in [7, 11) is 1.78. The fourth-order valence-corrected chi connectivity index (χ4v) is 8.72. The van der Waals surface area contributed by atoms with Crippen LogP contribution in [0.25, 0.3) is 11.1 Å². The molecule has 4 heterocycles. The van der Waals surface area contributed by atoms with Crippen molar-refractivity contribution in [3.8, 4) is 11.1 Å². The lowest BCUT2D eigenvalue weighted by Gasteiger charge is -2.55. The number of benzene rings is 1. The lowest BCUT2D eigenvalue weighted by atomic mass is 9.57. The Hall–Kier alpha value is -3.31. The summed E-state index contributed by atoms with van der Waals surface area (Å²) >= 11 is 0. The van der Waals surface area contributed by atoms with Gasteiger partial charge in [-0.25, -0.2) is 8.78 Å². The van der Waals surface area contributed by atoms with E-state index in [1.54, 1.807) is 42.0 Å². The third-order valence-electron chi connectivity index (χ3n) is 11.4. The van der Waals surface area contributed by atoms with Gasteiger partial charge in [0.05, 0.1) is 12.7 Å². The number of amides is 1. The molecule has 0 unspecified atom stereocenters. The molecule has 1 amide bonds. The highest BCUT2D eigenvalue weighted by atomic mass is 19.3. The molecule has 11 heteroatoms. The number of hydrogen-bond acceptors (Lipinski definition) is 6. The maximum absolute atomic E-state index is 14.5. The number of anilines is 1. The third kappa shape index (κ3) is 6.08. The van der Waals surface area contributed by atoms with Gasteiger partial charge >= 0.3 is 0 Å². The van der Waals surface area contributed by atoms with Crippen LogP contribution >= 0.6 is 0 Å². The molecule has 0 atom stereocenters. The first-order valence-electron chi connectivity index (χ1n) is 17.2. The number of nitrogens with zero attached hydrogens (tertiary/aromatic N) is 5. The van der Waals surface area contributed by atoms with Gasteiger partial charge in [-0.1, -0.05) is 0 Å². The van der Waals surface area contributed by atoms with Gasteiger partial charge in [0.15, 0.2) is 0 Å². The van der Waals surface area contributed by atoms with Gasteiger partial charge in [-0.15, -0.1) is 0 Å². The van der Waals surface area contributed by atoms with E-state index < -0.39 is 6.43 Å². The first-order valence-corrected chi connectivity index (χ1v) is 17.2. The second kappa shape index (κ2) is 12.7. The zero-order valence-corrected chi connectivity index (χ0v) is 27.3. The van der Waals surface area contributed by atoms with Crippen LogP contribution < -0.4 is 15.5 Å². The molecular formula is C35H48F2N8O. The first kappa shape index (κ1) is 31.3. The third-order valence-corrected chi connectivity index (χ3v) is 11.4. The smallest absolute Gasteiger partial charge is 0.264 e. The van der Waals surface area contributed by atoms with Crippen LogP contribution in [0, 0.1) is 10.8 Å². The Morgan fingerprint density at radius 2 is 1.87 bits per heavy atom. The van der Waals surface area contributed by atoms with E-state index in [-0.39, 0.29) is 11.5 Å². The lowest BCUT2D eigenvalue weighted by molar-refractivity contribution is -0.128. The molecule has 3 fully saturated rings. The monoisotopic (exact) mass is 634 g/mol. The number of carbonyl (C=O) groups is 1. The maximum atomic E-state index is 14.5. The van der Waals surface area contributed by atoms with E-state index in [4.69, 9.17) is 0 Å². The summed E-state index contributed by atoms with van der Waals surface area (Å²) in [6.07, 6.45) is 10.4.